The number of nitrogens with one attached hydrogen (secondary N) is 1. The standard InChI is InChI=1S/C22H31N3O4.HI/c1-5-23-22(25(2)13-14-29-17-9-7-6-8-10-17)24-16-20(26)19-15-18(27-3)11-12-21(19)28-4;/h6-12,15,20,26H,5,13-14,16H2,1-4H3,(H,23,24);1H. The van der Waals surface area contributed by atoms with Gasteiger partial charge in [-0.25, -0.2) is 0 Å². The number of hydrogen-bond acceptors (Lipinski definition) is 5. The van der Waals surface area contributed by atoms with E-state index >= 15 is 0 Å². The quantitative estimate of drug-likeness (QED) is 0.280. The van der Waals surface area contributed by atoms with Crippen molar-refractivity contribution in [1.29, 1.82) is 0 Å². The topological polar surface area (TPSA) is 75.6 Å². The van der Waals surface area contributed by atoms with Gasteiger partial charge < -0.3 is 29.5 Å². The average molecular weight is 529 g/mol. The number of aliphatic imine (C=N–C) groups is 1. The fourth-order valence-electron chi connectivity index (χ4n) is 2.76. The van der Waals surface area contributed by atoms with Crippen molar-refractivity contribution in [1.82, 2.24) is 10.2 Å². The molecule has 0 fully saturated rings. The van der Waals surface area contributed by atoms with E-state index in [2.05, 4.69) is 10.3 Å². The minimum absolute atomic E-state index is 0. The highest BCUT2D eigenvalue weighted by atomic mass is 127. The molecule has 0 aliphatic rings. The van der Waals surface area contributed by atoms with Crippen LogP contribution in [0.1, 0.15) is 18.6 Å². The molecule has 0 bridgehead atoms. The summed E-state index contributed by atoms with van der Waals surface area (Å²) >= 11 is 0. The normalized spacial score (nSPS) is 11.8. The predicted octanol–water partition coefficient (Wildman–Crippen LogP) is 3.33. The molecule has 0 aromatic heterocycles. The summed E-state index contributed by atoms with van der Waals surface area (Å²) in [5.74, 6) is 2.79. The van der Waals surface area contributed by atoms with Gasteiger partial charge in [0.25, 0.3) is 0 Å². The molecule has 0 saturated heterocycles. The number of ether oxygens (including phenoxy) is 3. The van der Waals surface area contributed by atoms with Gasteiger partial charge in [0.15, 0.2) is 5.96 Å². The third-order valence-electron chi connectivity index (χ3n) is 4.34. The van der Waals surface area contributed by atoms with Crippen molar-refractivity contribution in [2.24, 2.45) is 4.99 Å². The van der Waals surface area contributed by atoms with Crippen molar-refractivity contribution in [3.63, 3.8) is 0 Å². The van der Waals surface area contributed by atoms with Crippen molar-refractivity contribution in [3.8, 4) is 17.2 Å². The van der Waals surface area contributed by atoms with Crippen LogP contribution in [0, 0.1) is 0 Å². The van der Waals surface area contributed by atoms with Crippen LogP contribution in [0.4, 0.5) is 0 Å². The van der Waals surface area contributed by atoms with E-state index in [1.54, 1.807) is 32.4 Å². The van der Waals surface area contributed by atoms with Gasteiger partial charge in [-0.1, -0.05) is 18.2 Å². The van der Waals surface area contributed by atoms with Gasteiger partial charge >= 0.3 is 0 Å². The Hall–Kier alpha value is -2.20. The number of benzene rings is 2. The molecule has 8 heteroatoms. The Bertz CT molecular complexity index is 774. The second-order valence-electron chi connectivity index (χ2n) is 6.40. The Morgan fingerprint density at radius 2 is 1.83 bits per heavy atom. The Morgan fingerprint density at radius 1 is 1.10 bits per heavy atom. The zero-order chi connectivity index (χ0) is 21.1. The molecule has 2 rings (SSSR count). The number of aliphatic hydroxyl groups is 1. The maximum atomic E-state index is 10.7. The number of guanidine groups is 1. The lowest BCUT2D eigenvalue weighted by Crippen LogP contribution is -2.41. The Balaban J connectivity index is 0.00000450. The molecule has 0 radical (unpaired) electrons. The van der Waals surface area contributed by atoms with E-state index in [1.165, 1.54) is 0 Å². The summed E-state index contributed by atoms with van der Waals surface area (Å²) in [4.78, 5) is 6.55. The average Bonchev–Trinajstić information content (AvgIpc) is 2.76. The van der Waals surface area contributed by atoms with Crippen molar-refractivity contribution in [3.05, 3.63) is 54.1 Å². The van der Waals surface area contributed by atoms with E-state index in [4.69, 9.17) is 14.2 Å². The summed E-state index contributed by atoms with van der Waals surface area (Å²) in [5.41, 5.74) is 0.640. The number of hydrogen-bond donors (Lipinski definition) is 2. The van der Waals surface area contributed by atoms with Crippen molar-refractivity contribution >= 4 is 29.9 Å². The van der Waals surface area contributed by atoms with Gasteiger partial charge in [-0.15, -0.1) is 24.0 Å². The predicted molar refractivity (Wildman–Crippen MR) is 130 cm³/mol. The Labute approximate surface area is 196 Å². The second-order valence-corrected chi connectivity index (χ2v) is 6.40. The molecule has 0 spiro atoms. The number of rotatable bonds is 10. The third-order valence-corrected chi connectivity index (χ3v) is 4.34. The summed E-state index contributed by atoms with van der Waals surface area (Å²) in [6, 6.07) is 15.0. The number of methoxy groups -OCH3 is 2. The molecule has 0 saturated carbocycles. The van der Waals surface area contributed by atoms with Crippen LogP contribution in [0.15, 0.2) is 53.5 Å². The van der Waals surface area contributed by atoms with Crippen LogP contribution >= 0.6 is 24.0 Å². The summed E-state index contributed by atoms with van der Waals surface area (Å²) in [6.45, 7) is 4.10. The van der Waals surface area contributed by atoms with Gasteiger partial charge in [0.05, 0.1) is 27.3 Å². The molecule has 2 aromatic rings. The van der Waals surface area contributed by atoms with Crippen molar-refractivity contribution in [2.75, 3.05) is 47.5 Å². The summed E-state index contributed by atoms with van der Waals surface area (Å²) in [6.07, 6.45) is -0.817. The zero-order valence-corrected chi connectivity index (χ0v) is 20.3. The maximum Gasteiger partial charge on any atom is 0.193 e. The summed E-state index contributed by atoms with van der Waals surface area (Å²) in [7, 11) is 5.10. The molecule has 0 amide bonds. The monoisotopic (exact) mass is 529 g/mol. The smallest absolute Gasteiger partial charge is 0.193 e. The molecular weight excluding hydrogens is 497 g/mol. The minimum atomic E-state index is -0.817. The van der Waals surface area contributed by atoms with Crippen LogP contribution in [0.3, 0.4) is 0 Å². The van der Waals surface area contributed by atoms with E-state index in [-0.39, 0.29) is 30.5 Å². The lowest BCUT2D eigenvalue weighted by molar-refractivity contribution is 0.181. The molecule has 0 aliphatic carbocycles. The van der Waals surface area contributed by atoms with Gasteiger partial charge in [-0.3, -0.25) is 4.99 Å². The van der Waals surface area contributed by atoms with E-state index < -0.39 is 6.10 Å². The Morgan fingerprint density at radius 3 is 2.47 bits per heavy atom. The van der Waals surface area contributed by atoms with Crippen molar-refractivity contribution in [2.45, 2.75) is 13.0 Å². The molecule has 2 N–H and O–H groups in total. The first-order valence-corrected chi connectivity index (χ1v) is 9.66. The first kappa shape index (κ1) is 25.8. The Kier molecular flexibility index (Phi) is 12.0. The van der Waals surface area contributed by atoms with Gasteiger partial charge in [0.2, 0.25) is 0 Å². The lowest BCUT2D eigenvalue weighted by Gasteiger charge is -2.23. The van der Waals surface area contributed by atoms with Crippen LogP contribution in [0.25, 0.3) is 0 Å². The molecule has 7 nitrogen and oxygen atoms in total. The number of nitrogens with zero attached hydrogens (tertiary/aromatic N) is 2. The van der Waals surface area contributed by atoms with Gasteiger partial charge in [-0.2, -0.15) is 0 Å². The van der Waals surface area contributed by atoms with Crippen LogP contribution in [-0.2, 0) is 0 Å². The lowest BCUT2D eigenvalue weighted by atomic mass is 10.1. The van der Waals surface area contributed by atoms with Crippen molar-refractivity contribution < 1.29 is 19.3 Å². The highest BCUT2D eigenvalue weighted by Gasteiger charge is 2.15. The first-order chi connectivity index (χ1) is 14.1. The highest BCUT2D eigenvalue weighted by molar-refractivity contribution is 14.0. The number of aliphatic hydroxyl groups excluding tert-OH is 1. The van der Waals surface area contributed by atoms with E-state index in [9.17, 15) is 5.11 Å². The molecule has 1 atom stereocenters. The molecule has 0 aliphatic heterocycles. The number of halogens is 1. The highest BCUT2D eigenvalue weighted by Crippen LogP contribution is 2.29. The summed E-state index contributed by atoms with van der Waals surface area (Å²) < 4.78 is 16.4. The van der Waals surface area contributed by atoms with E-state index in [1.807, 2.05) is 49.2 Å². The third kappa shape index (κ3) is 7.91. The number of likely N-dealkylation sites (N-methyl/N-ethyl adjacent to an activating group) is 1. The fourth-order valence-corrected chi connectivity index (χ4v) is 2.76. The molecule has 0 heterocycles. The van der Waals surface area contributed by atoms with Crippen LogP contribution in [-0.4, -0.2) is 63.5 Å². The van der Waals surface area contributed by atoms with Gasteiger partial charge in [0, 0.05) is 19.2 Å². The van der Waals surface area contributed by atoms with E-state index in [0.29, 0.717) is 36.2 Å². The summed E-state index contributed by atoms with van der Waals surface area (Å²) in [5, 5.41) is 13.9. The first-order valence-electron chi connectivity index (χ1n) is 9.66. The number of para-hydroxylation sites is 1. The van der Waals surface area contributed by atoms with Gasteiger partial charge in [0.1, 0.15) is 30.0 Å². The molecule has 166 valence electrons. The second kappa shape index (κ2) is 13.9. The van der Waals surface area contributed by atoms with Crippen LogP contribution in [0.2, 0.25) is 0 Å². The SMILES string of the molecule is CCNC(=NCC(O)c1cc(OC)ccc1OC)N(C)CCOc1ccccc1.I. The minimum Gasteiger partial charge on any atom is -0.497 e. The molecule has 30 heavy (non-hydrogen) atoms. The van der Waals surface area contributed by atoms with Crippen LogP contribution in [0.5, 0.6) is 17.2 Å². The molecule has 1 unspecified atom stereocenters. The fraction of sp³-hybridized carbons (Fsp3) is 0.409. The van der Waals surface area contributed by atoms with E-state index in [0.717, 1.165) is 12.3 Å². The zero-order valence-electron chi connectivity index (χ0n) is 18.0. The molecule has 2 aromatic carbocycles. The largest absolute Gasteiger partial charge is 0.497 e. The van der Waals surface area contributed by atoms with Gasteiger partial charge in [-0.05, 0) is 37.3 Å². The maximum absolute atomic E-state index is 10.7. The molecular formula is C22H32IN3O4. The van der Waals surface area contributed by atoms with Crippen LogP contribution < -0.4 is 19.5 Å².